The van der Waals surface area contributed by atoms with E-state index in [0.717, 1.165) is 24.5 Å². The van der Waals surface area contributed by atoms with Crippen molar-refractivity contribution < 1.29 is 4.74 Å². The van der Waals surface area contributed by atoms with Crippen molar-refractivity contribution in [1.82, 2.24) is 0 Å². The second kappa shape index (κ2) is 4.94. The molecule has 18 heavy (non-hydrogen) atoms. The number of ether oxygens (including phenoxy) is 1. The van der Waals surface area contributed by atoms with Crippen molar-refractivity contribution in [3.8, 4) is 11.1 Å². The van der Waals surface area contributed by atoms with Crippen molar-refractivity contribution in [3.05, 3.63) is 46.7 Å². The summed E-state index contributed by atoms with van der Waals surface area (Å²) in [6, 6.07) is 10.9. The van der Waals surface area contributed by atoms with Gasteiger partial charge in [0, 0.05) is 5.56 Å². The van der Waals surface area contributed by atoms with E-state index >= 15 is 0 Å². The Kier molecular flexibility index (Phi) is 3.15. The van der Waals surface area contributed by atoms with E-state index in [9.17, 15) is 0 Å². The van der Waals surface area contributed by atoms with Crippen LogP contribution in [0.4, 0.5) is 0 Å². The molecule has 1 atom stereocenters. The highest BCUT2D eigenvalue weighted by Crippen LogP contribution is 2.23. The van der Waals surface area contributed by atoms with Crippen LogP contribution in [0.1, 0.15) is 18.9 Å². The summed E-state index contributed by atoms with van der Waals surface area (Å²) in [5.74, 6) is 0.790. The first-order valence-electron chi connectivity index (χ1n) is 6.20. The van der Waals surface area contributed by atoms with Gasteiger partial charge in [0.25, 0.3) is 0 Å². The lowest BCUT2D eigenvalue weighted by molar-refractivity contribution is 0.315. The molecule has 1 aliphatic heterocycles. The highest BCUT2D eigenvalue weighted by Gasteiger charge is 2.18. The van der Waals surface area contributed by atoms with E-state index in [-0.39, 0.29) is 0 Å². The summed E-state index contributed by atoms with van der Waals surface area (Å²) in [6.45, 7) is 2.86. The maximum absolute atomic E-state index is 5.63. The standard InChI is InChI=1S/C15H15NOS/c1-2-14-9-17-15(16-14)12-5-3-11(4-6-12)13-7-8-18-10-13/h3-8,10,14H,2,9H2,1H3/t14-/m1/s1. The summed E-state index contributed by atoms with van der Waals surface area (Å²) in [6.07, 6.45) is 1.04. The Morgan fingerprint density at radius 3 is 2.56 bits per heavy atom. The molecule has 0 fully saturated rings. The molecule has 0 amide bonds. The second-order valence-corrected chi connectivity index (χ2v) is 5.18. The van der Waals surface area contributed by atoms with Crippen LogP contribution >= 0.6 is 11.3 Å². The number of thiophene rings is 1. The SMILES string of the molecule is CC[C@@H]1COC(c2ccc(-c3ccsc3)cc2)=N1. The fourth-order valence-electron chi connectivity index (χ4n) is 2.02. The van der Waals surface area contributed by atoms with E-state index in [1.807, 2.05) is 0 Å². The molecule has 1 aliphatic rings. The molecule has 1 aromatic heterocycles. The molecule has 0 radical (unpaired) electrons. The van der Waals surface area contributed by atoms with E-state index in [1.54, 1.807) is 11.3 Å². The number of hydrogen-bond acceptors (Lipinski definition) is 3. The van der Waals surface area contributed by atoms with Crippen LogP contribution in [-0.2, 0) is 4.74 Å². The van der Waals surface area contributed by atoms with Crippen molar-refractivity contribution in [2.75, 3.05) is 6.61 Å². The second-order valence-electron chi connectivity index (χ2n) is 4.40. The van der Waals surface area contributed by atoms with Gasteiger partial charge < -0.3 is 4.74 Å². The third kappa shape index (κ3) is 2.18. The van der Waals surface area contributed by atoms with Gasteiger partial charge in [0.15, 0.2) is 0 Å². The summed E-state index contributed by atoms with van der Waals surface area (Å²) >= 11 is 1.72. The van der Waals surface area contributed by atoms with Gasteiger partial charge >= 0.3 is 0 Å². The van der Waals surface area contributed by atoms with Crippen LogP contribution < -0.4 is 0 Å². The molecule has 0 spiro atoms. The zero-order chi connectivity index (χ0) is 12.4. The third-order valence-electron chi connectivity index (χ3n) is 3.17. The van der Waals surface area contributed by atoms with Gasteiger partial charge in [-0.1, -0.05) is 19.1 Å². The summed E-state index contributed by atoms with van der Waals surface area (Å²) in [5.41, 5.74) is 3.59. The molecule has 2 nitrogen and oxygen atoms in total. The third-order valence-corrected chi connectivity index (χ3v) is 3.85. The van der Waals surface area contributed by atoms with E-state index in [1.165, 1.54) is 11.1 Å². The van der Waals surface area contributed by atoms with Crippen LogP contribution in [0.25, 0.3) is 11.1 Å². The quantitative estimate of drug-likeness (QED) is 0.815. The molecule has 3 heteroatoms. The van der Waals surface area contributed by atoms with Gasteiger partial charge in [0.05, 0.1) is 6.04 Å². The van der Waals surface area contributed by atoms with Crippen molar-refractivity contribution >= 4 is 17.2 Å². The minimum atomic E-state index is 0.330. The van der Waals surface area contributed by atoms with Gasteiger partial charge in [0.1, 0.15) is 6.61 Å². The van der Waals surface area contributed by atoms with E-state index in [2.05, 4.69) is 53.0 Å². The Balaban J connectivity index is 1.84. The number of nitrogens with zero attached hydrogens (tertiary/aromatic N) is 1. The zero-order valence-electron chi connectivity index (χ0n) is 10.3. The number of aliphatic imine (C=N–C) groups is 1. The summed E-state index contributed by atoms with van der Waals surface area (Å²) < 4.78 is 5.63. The molecule has 2 heterocycles. The van der Waals surface area contributed by atoms with Crippen molar-refractivity contribution in [1.29, 1.82) is 0 Å². The summed E-state index contributed by atoms with van der Waals surface area (Å²) in [7, 11) is 0. The molecule has 0 N–H and O–H groups in total. The van der Waals surface area contributed by atoms with Crippen molar-refractivity contribution in [3.63, 3.8) is 0 Å². The Bertz CT molecular complexity index is 542. The topological polar surface area (TPSA) is 21.6 Å². The molecule has 3 rings (SSSR count). The van der Waals surface area contributed by atoms with Crippen molar-refractivity contribution in [2.45, 2.75) is 19.4 Å². The van der Waals surface area contributed by atoms with Gasteiger partial charge in [0.2, 0.25) is 5.90 Å². The van der Waals surface area contributed by atoms with E-state index in [4.69, 9.17) is 4.74 Å². The molecule has 0 unspecified atom stereocenters. The minimum absolute atomic E-state index is 0.330. The van der Waals surface area contributed by atoms with Gasteiger partial charge in [-0.15, -0.1) is 0 Å². The number of hydrogen-bond donors (Lipinski definition) is 0. The van der Waals surface area contributed by atoms with E-state index < -0.39 is 0 Å². The highest BCUT2D eigenvalue weighted by molar-refractivity contribution is 7.08. The van der Waals surface area contributed by atoms with Gasteiger partial charge in [-0.25, -0.2) is 4.99 Å². The minimum Gasteiger partial charge on any atom is -0.475 e. The highest BCUT2D eigenvalue weighted by atomic mass is 32.1. The van der Waals surface area contributed by atoms with Gasteiger partial charge in [-0.3, -0.25) is 0 Å². The maximum atomic E-state index is 5.63. The van der Waals surface area contributed by atoms with Crippen LogP contribution in [0.5, 0.6) is 0 Å². The molecule has 2 aromatic rings. The van der Waals surface area contributed by atoms with Crippen LogP contribution in [0.3, 0.4) is 0 Å². The van der Waals surface area contributed by atoms with Crippen LogP contribution in [0.15, 0.2) is 46.1 Å². The predicted molar refractivity (Wildman–Crippen MR) is 76.3 cm³/mol. The number of rotatable bonds is 3. The monoisotopic (exact) mass is 257 g/mol. The Morgan fingerprint density at radius 2 is 1.94 bits per heavy atom. The molecule has 0 saturated carbocycles. The normalized spacial score (nSPS) is 18.5. The first-order valence-corrected chi connectivity index (χ1v) is 7.14. The van der Waals surface area contributed by atoms with Gasteiger partial charge in [-0.2, -0.15) is 11.3 Å². The first-order chi connectivity index (χ1) is 8.86. The first kappa shape index (κ1) is 11.5. The Labute approximate surface area is 111 Å². The lowest BCUT2D eigenvalue weighted by Gasteiger charge is -2.03. The summed E-state index contributed by atoms with van der Waals surface area (Å²) in [5, 5.41) is 4.25. The van der Waals surface area contributed by atoms with Gasteiger partial charge in [-0.05, 0) is 46.5 Å². The smallest absolute Gasteiger partial charge is 0.216 e. The van der Waals surface area contributed by atoms with Crippen molar-refractivity contribution in [2.24, 2.45) is 4.99 Å². The lowest BCUT2D eigenvalue weighted by Crippen LogP contribution is -2.03. The fourth-order valence-corrected chi connectivity index (χ4v) is 2.68. The average molecular weight is 257 g/mol. The predicted octanol–water partition coefficient (Wildman–Crippen LogP) is 3.97. The largest absolute Gasteiger partial charge is 0.475 e. The van der Waals surface area contributed by atoms with Crippen LogP contribution in [0.2, 0.25) is 0 Å². The fraction of sp³-hybridized carbons (Fsp3) is 0.267. The molecular formula is C15H15NOS. The molecule has 0 bridgehead atoms. The molecule has 92 valence electrons. The van der Waals surface area contributed by atoms with Crippen LogP contribution in [0, 0.1) is 0 Å². The summed E-state index contributed by atoms with van der Waals surface area (Å²) in [4.78, 5) is 4.57. The molecule has 1 aromatic carbocycles. The Hall–Kier alpha value is -1.61. The van der Waals surface area contributed by atoms with Crippen LogP contribution in [-0.4, -0.2) is 18.5 Å². The maximum Gasteiger partial charge on any atom is 0.216 e. The molecule has 0 aliphatic carbocycles. The average Bonchev–Trinajstić information content (AvgIpc) is 3.10. The number of benzene rings is 1. The Morgan fingerprint density at radius 1 is 1.17 bits per heavy atom. The zero-order valence-corrected chi connectivity index (χ0v) is 11.1. The lowest BCUT2D eigenvalue weighted by atomic mass is 10.1. The molecule has 0 saturated heterocycles. The van der Waals surface area contributed by atoms with E-state index in [0.29, 0.717) is 6.04 Å². The molecular weight excluding hydrogens is 242 g/mol.